The van der Waals surface area contributed by atoms with Gasteiger partial charge in [-0.2, -0.15) is 0 Å². The number of hydrogen-bond acceptors (Lipinski definition) is 2. The van der Waals surface area contributed by atoms with Gasteiger partial charge in [0.25, 0.3) is 0 Å². The number of aromatic hydroxyl groups is 1. The molecule has 17 heavy (non-hydrogen) atoms. The highest BCUT2D eigenvalue weighted by Crippen LogP contribution is 2.32. The van der Waals surface area contributed by atoms with E-state index in [1.165, 1.54) is 25.3 Å². The van der Waals surface area contributed by atoms with Crippen LogP contribution in [0.3, 0.4) is 0 Å². The lowest BCUT2D eigenvalue weighted by atomic mass is 10.1. The normalized spacial score (nSPS) is 10.3. The first-order chi connectivity index (χ1) is 8.10. The predicted molar refractivity (Wildman–Crippen MR) is 65.1 cm³/mol. The zero-order valence-electron chi connectivity index (χ0n) is 9.08. The minimum absolute atomic E-state index is 0.0405. The molecule has 0 atom stereocenters. The molecule has 0 heterocycles. The topological polar surface area (TPSA) is 29.5 Å². The summed E-state index contributed by atoms with van der Waals surface area (Å²) in [6.07, 6.45) is 0. The fourth-order valence-electron chi connectivity index (χ4n) is 1.58. The summed E-state index contributed by atoms with van der Waals surface area (Å²) >= 11 is 5.78. The molecule has 0 aromatic heterocycles. The standard InChI is InChI=1S/C13H10ClFO2/c1-17-13-6-8(2-3-12(13)16)9-4-10(14)7-11(15)5-9/h2-7,16H,1H3. The molecule has 0 fully saturated rings. The number of benzene rings is 2. The van der Waals surface area contributed by atoms with Crippen molar-refractivity contribution in [3.63, 3.8) is 0 Å². The smallest absolute Gasteiger partial charge is 0.161 e. The van der Waals surface area contributed by atoms with E-state index < -0.39 is 5.82 Å². The van der Waals surface area contributed by atoms with Crippen molar-refractivity contribution in [1.29, 1.82) is 0 Å². The molecule has 0 bridgehead atoms. The van der Waals surface area contributed by atoms with Gasteiger partial charge in [-0.25, -0.2) is 4.39 Å². The zero-order chi connectivity index (χ0) is 12.4. The van der Waals surface area contributed by atoms with Crippen LogP contribution in [-0.4, -0.2) is 12.2 Å². The molecule has 4 heteroatoms. The zero-order valence-corrected chi connectivity index (χ0v) is 9.83. The Bertz CT molecular complexity index is 535. The van der Waals surface area contributed by atoms with E-state index in [4.69, 9.17) is 16.3 Å². The Labute approximate surface area is 103 Å². The molecule has 0 saturated carbocycles. The fourth-order valence-corrected chi connectivity index (χ4v) is 1.80. The highest BCUT2D eigenvalue weighted by atomic mass is 35.5. The van der Waals surface area contributed by atoms with E-state index >= 15 is 0 Å². The van der Waals surface area contributed by atoms with Crippen molar-refractivity contribution in [1.82, 2.24) is 0 Å². The van der Waals surface area contributed by atoms with Crippen molar-refractivity contribution >= 4 is 11.6 Å². The van der Waals surface area contributed by atoms with Gasteiger partial charge in [-0.15, -0.1) is 0 Å². The molecule has 0 aliphatic rings. The predicted octanol–water partition coefficient (Wildman–Crippen LogP) is 3.86. The van der Waals surface area contributed by atoms with Crippen LogP contribution in [0.2, 0.25) is 5.02 Å². The van der Waals surface area contributed by atoms with E-state index in [-0.39, 0.29) is 5.75 Å². The largest absolute Gasteiger partial charge is 0.504 e. The molecule has 2 aromatic rings. The third-order valence-corrected chi connectivity index (χ3v) is 2.59. The second kappa shape index (κ2) is 4.63. The third kappa shape index (κ3) is 2.50. The van der Waals surface area contributed by atoms with Gasteiger partial charge in [0.15, 0.2) is 11.5 Å². The van der Waals surface area contributed by atoms with E-state index in [1.807, 2.05) is 0 Å². The molecule has 0 aliphatic carbocycles. The van der Waals surface area contributed by atoms with Gasteiger partial charge in [-0.3, -0.25) is 0 Å². The van der Waals surface area contributed by atoms with Crippen LogP contribution < -0.4 is 4.74 Å². The van der Waals surface area contributed by atoms with E-state index in [0.717, 1.165) is 5.56 Å². The van der Waals surface area contributed by atoms with Crippen molar-refractivity contribution in [3.8, 4) is 22.6 Å². The molecule has 0 spiro atoms. The number of phenolic OH excluding ortho intramolecular Hbond substituents is 1. The number of methoxy groups -OCH3 is 1. The maximum absolute atomic E-state index is 13.2. The van der Waals surface area contributed by atoms with Gasteiger partial charge in [-0.1, -0.05) is 17.7 Å². The Morgan fingerprint density at radius 2 is 1.88 bits per heavy atom. The first-order valence-corrected chi connectivity index (χ1v) is 5.31. The van der Waals surface area contributed by atoms with E-state index in [9.17, 15) is 9.50 Å². The fraction of sp³-hybridized carbons (Fsp3) is 0.0769. The van der Waals surface area contributed by atoms with Crippen molar-refractivity contribution < 1.29 is 14.2 Å². The molecule has 0 aliphatic heterocycles. The van der Waals surface area contributed by atoms with Gasteiger partial charge in [0.1, 0.15) is 5.82 Å². The van der Waals surface area contributed by atoms with E-state index in [1.54, 1.807) is 18.2 Å². The van der Waals surface area contributed by atoms with Gasteiger partial charge in [-0.05, 0) is 41.5 Å². The minimum Gasteiger partial charge on any atom is -0.504 e. The molecule has 2 nitrogen and oxygen atoms in total. The quantitative estimate of drug-likeness (QED) is 0.879. The lowest BCUT2D eigenvalue weighted by Crippen LogP contribution is -1.86. The van der Waals surface area contributed by atoms with Crippen LogP contribution in [0, 0.1) is 5.82 Å². The van der Waals surface area contributed by atoms with Crippen LogP contribution >= 0.6 is 11.6 Å². The van der Waals surface area contributed by atoms with Gasteiger partial charge >= 0.3 is 0 Å². The Morgan fingerprint density at radius 3 is 2.53 bits per heavy atom. The lowest BCUT2D eigenvalue weighted by Gasteiger charge is -2.07. The SMILES string of the molecule is COc1cc(-c2cc(F)cc(Cl)c2)ccc1O. The van der Waals surface area contributed by atoms with Crippen LogP contribution in [0.15, 0.2) is 36.4 Å². The summed E-state index contributed by atoms with van der Waals surface area (Å²) in [5.74, 6) is -0.0267. The molecule has 88 valence electrons. The maximum Gasteiger partial charge on any atom is 0.161 e. The second-order valence-corrected chi connectivity index (χ2v) is 3.98. The summed E-state index contributed by atoms with van der Waals surface area (Å²) in [5.41, 5.74) is 1.36. The molecule has 0 radical (unpaired) electrons. The summed E-state index contributed by atoms with van der Waals surface area (Å²) < 4.78 is 18.2. The first-order valence-electron chi connectivity index (χ1n) is 4.93. The van der Waals surface area contributed by atoms with Crippen LogP contribution in [0.1, 0.15) is 0 Å². The maximum atomic E-state index is 13.2. The minimum atomic E-state index is -0.403. The van der Waals surface area contributed by atoms with Crippen molar-refractivity contribution in [2.45, 2.75) is 0 Å². The molecule has 0 amide bonds. The van der Waals surface area contributed by atoms with Crippen LogP contribution in [0.25, 0.3) is 11.1 Å². The van der Waals surface area contributed by atoms with E-state index in [0.29, 0.717) is 16.3 Å². The number of halogens is 2. The number of phenols is 1. The van der Waals surface area contributed by atoms with Gasteiger partial charge in [0.05, 0.1) is 7.11 Å². The molecule has 1 N–H and O–H groups in total. The molecule has 0 unspecified atom stereocenters. The van der Waals surface area contributed by atoms with Crippen LogP contribution in [-0.2, 0) is 0 Å². The van der Waals surface area contributed by atoms with E-state index in [2.05, 4.69) is 0 Å². The summed E-state index contributed by atoms with van der Waals surface area (Å²) in [6.45, 7) is 0. The van der Waals surface area contributed by atoms with Gasteiger partial charge in [0, 0.05) is 5.02 Å². The third-order valence-electron chi connectivity index (χ3n) is 2.38. The van der Waals surface area contributed by atoms with Crippen LogP contribution in [0.4, 0.5) is 4.39 Å². The Kier molecular flexibility index (Phi) is 3.20. The highest BCUT2D eigenvalue weighted by molar-refractivity contribution is 6.30. The molecular weight excluding hydrogens is 243 g/mol. The average Bonchev–Trinajstić information content (AvgIpc) is 2.28. The summed E-state index contributed by atoms with van der Waals surface area (Å²) in [6, 6.07) is 9.05. The summed E-state index contributed by atoms with van der Waals surface area (Å²) in [4.78, 5) is 0. The first kappa shape index (κ1) is 11.7. The molecule has 2 rings (SSSR count). The number of hydrogen-bond donors (Lipinski definition) is 1. The van der Waals surface area contributed by atoms with Crippen LogP contribution in [0.5, 0.6) is 11.5 Å². The lowest BCUT2D eigenvalue weighted by molar-refractivity contribution is 0.373. The molecule has 0 saturated heterocycles. The van der Waals surface area contributed by atoms with Crippen molar-refractivity contribution in [2.24, 2.45) is 0 Å². The molecule has 2 aromatic carbocycles. The second-order valence-electron chi connectivity index (χ2n) is 3.54. The number of rotatable bonds is 2. The summed E-state index contributed by atoms with van der Waals surface area (Å²) in [5, 5.41) is 9.79. The average molecular weight is 253 g/mol. The Hall–Kier alpha value is -1.74. The summed E-state index contributed by atoms with van der Waals surface area (Å²) in [7, 11) is 1.46. The van der Waals surface area contributed by atoms with Crippen molar-refractivity contribution in [2.75, 3.05) is 7.11 Å². The Balaban J connectivity index is 2.52. The number of ether oxygens (including phenoxy) is 1. The van der Waals surface area contributed by atoms with Gasteiger partial charge < -0.3 is 9.84 Å². The monoisotopic (exact) mass is 252 g/mol. The molecular formula is C13H10ClFO2. The van der Waals surface area contributed by atoms with Crippen molar-refractivity contribution in [3.05, 3.63) is 47.2 Å². The Morgan fingerprint density at radius 1 is 1.12 bits per heavy atom. The highest BCUT2D eigenvalue weighted by Gasteiger charge is 2.06. The van der Waals surface area contributed by atoms with Gasteiger partial charge in [0.2, 0.25) is 0 Å².